The lowest BCUT2D eigenvalue weighted by molar-refractivity contribution is 0.185. The summed E-state index contributed by atoms with van der Waals surface area (Å²) < 4.78 is 5.12. The van der Waals surface area contributed by atoms with Crippen LogP contribution in [0.5, 0.6) is 0 Å². The lowest BCUT2D eigenvalue weighted by atomic mass is 10.1. The molecule has 0 aliphatic heterocycles. The van der Waals surface area contributed by atoms with E-state index in [4.69, 9.17) is 4.74 Å². The van der Waals surface area contributed by atoms with Crippen molar-refractivity contribution in [2.24, 2.45) is 0 Å². The molecule has 1 N–H and O–H groups in total. The van der Waals surface area contributed by atoms with Crippen molar-refractivity contribution in [2.75, 3.05) is 13.7 Å². The number of rotatable bonds is 6. The van der Waals surface area contributed by atoms with Gasteiger partial charge in [-0.1, -0.05) is 31.2 Å². The van der Waals surface area contributed by atoms with Gasteiger partial charge in [0, 0.05) is 18.7 Å². The molecule has 2 aromatic rings. The van der Waals surface area contributed by atoms with Gasteiger partial charge in [0.15, 0.2) is 0 Å². The molecule has 18 heavy (non-hydrogen) atoms. The van der Waals surface area contributed by atoms with E-state index in [1.165, 1.54) is 11.1 Å². The highest BCUT2D eigenvalue weighted by atomic mass is 32.1. The van der Waals surface area contributed by atoms with Crippen LogP contribution in [0.25, 0.3) is 0 Å². The molecule has 1 aromatic heterocycles. The number of nitrogens with zero attached hydrogens (tertiary/aromatic N) is 1. The molecular formula is C14H18N2OS. The highest BCUT2D eigenvalue weighted by molar-refractivity contribution is 7.09. The van der Waals surface area contributed by atoms with Gasteiger partial charge in [0.1, 0.15) is 5.01 Å². The molecule has 0 aliphatic carbocycles. The van der Waals surface area contributed by atoms with Crippen molar-refractivity contribution in [1.29, 1.82) is 0 Å². The third-order valence-corrected chi connectivity index (χ3v) is 3.57. The fourth-order valence-corrected chi connectivity index (χ4v) is 2.64. The summed E-state index contributed by atoms with van der Waals surface area (Å²) in [5, 5.41) is 6.59. The van der Waals surface area contributed by atoms with E-state index in [1.54, 1.807) is 18.4 Å². The predicted octanol–water partition coefficient (Wildman–Crippen LogP) is 2.99. The van der Waals surface area contributed by atoms with Gasteiger partial charge < -0.3 is 10.1 Å². The minimum absolute atomic E-state index is 0.187. The summed E-state index contributed by atoms with van der Waals surface area (Å²) in [6, 6.07) is 8.69. The van der Waals surface area contributed by atoms with Gasteiger partial charge in [-0.3, -0.25) is 0 Å². The standard InChI is InChI=1S/C14H18N2OS/c1-3-15-13(14-16-8-9-18-14)12-6-4-11(5-7-12)10-17-2/h4-9,13,15H,3,10H2,1-2H3. The van der Waals surface area contributed by atoms with Crippen LogP contribution in [0.3, 0.4) is 0 Å². The van der Waals surface area contributed by atoms with E-state index >= 15 is 0 Å². The number of benzene rings is 1. The third kappa shape index (κ3) is 3.16. The number of methoxy groups -OCH3 is 1. The molecular weight excluding hydrogens is 244 g/mol. The number of nitrogens with one attached hydrogen (secondary N) is 1. The second-order valence-corrected chi connectivity index (χ2v) is 4.96. The van der Waals surface area contributed by atoms with Gasteiger partial charge in [-0.05, 0) is 17.7 Å². The summed E-state index contributed by atoms with van der Waals surface area (Å²) in [6.07, 6.45) is 1.85. The Labute approximate surface area is 112 Å². The van der Waals surface area contributed by atoms with Gasteiger partial charge in [-0.2, -0.15) is 0 Å². The SMILES string of the molecule is CCNC(c1ccc(COC)cc1)c1nccs1. The first-order valence-corrected chi connectivity index (χ1v) is 6.93. The average molecular weight is 262 g/mol. The second-order valence-electron chi connectivity index (χ2n) is 4.04. The molecule has 0 saturated carbocycles. The van der Waals surface area contributed by atoms with Crippen LogP contribution in [0, 0.1) is 0 Å². The smallest absolute Gasteiger partial charge is 0.114 e. The maximum Gasteiger partial charge on any atom is 0.114 e. The van der Waals surface area contributed by atoms with Crippen molar-refractivity contribution in [3.05, 3.63) is 52.0 Å². The maximum absolute atomic E-state index is 5.12. The highest BCUT2D eigenvalue weighted by Crippen LogP contribution is 2.24. The van der Waals surface area contributed by atoms with Gasteiger partial charge in [0.05, 0.1) is 12.6 Å². The Morgan fingerprint density at radius 3 is 2.67 bits per heavy atom. The molecule has 4 heteroatoms. The normalized spacial score (nSPS) is 12.6. The zero-order valence-corrected chi connectivity index (χ0v) is 11.5. The number of ether oxygens (including phenoxy) is 1. The zero-order valence-electron chi connectivity index (χ0n) is 10.7. The highest BCUT2D eigenvalue weighted by Gasteiger charge is 2.14. The van der Waals surface area contributed by atoms with E-state index in [0.29, 0.717) is 6.61 Å². The first-order chi connectivity index (χ1) is 8.85. The summed E-state index contributed by atoms with van der Waals surface area (Å²) in [7, 11) is 1.71. The largest absolute Gasteiger partial charge is 0.380 e. The maximum atomic E-state index is 5.12. The molecule has 1 unspecified atom stereocenters. The summed E-state index contributed by atoms with van der Waals surface area (Å²) in [5.74, 6) is 0. The third-order valence-electron chi connectivity index (χ3n) is 2.73. The van der Waals surface area contributed by atoms with E-state index in [1.807, 2.05) is 11.6 Å². The van der Waals surface area contributed by atoms with E-state index in [0.717, 1.165) is 11.6 Å². The van der Waals surface area contributed by atoms with Gasteiger partial charge >= 0.3 is 0 Å². The molecule has 3 nitrogen and oxygen atoms in total. The first kappa shape index (κ1) is 13.2. The number of thiazole rings is 1. The lowest BCUT2D eigenvalue weighted by Gasteiger charge is -2.16. The molecule has 2 rings (SSSR count). The van der Waals surface area contributed by atoms with Crippen molar-refractivity contribution in [1.82, 2.24) is 10.3 Å². The van der Waals surface area contributed by atoms with E-state index < -0.39 is 0 Å². The molecule has 0 bridgehead atoms. The van der Waals surface area contributed by atoms with Crippen LogP contribution < -0.4 is 5.32 Å². The fraction of sp³-hybridized carbons (Fsp3) is 0.357. The molecule has 96 valence electrons. The summed E-state index contributed by atoms with van der Waals surface area (Å²) in [6.45, 7) is 3.69. The van der Waals surface area contributed by atoms with Crippen LogP contribution in [0.4, 0.5) is 0 Å². The second kappa shape index (κ2) is 6.64. The number of hydrogen-bond donors (Lipinski definition) is 1. The minimum Gasteiger partial charge on any atom is -0.380 e. The fourth-order valence-electron chi connectivity index (χ4n) is 1.90. The van der Waals surface area contributed by atoms with E-state index in [-0.39, 0.29) is 6.04 Å². The Hall–Kier alpha value is -1.23. The quantitative estimate of drug-likeness (QED) is 0.869. The van der Waals surface area contributed by atoms with Crippen LogP contribution in [-0.2, 0) is 11.3 Å². The average Bonchev–Trinajstić information content (AvgIpc) is 2.91. The van der Waals surface area contributed by atoms with Crippen molar-refractivity contribution >= 4 is 11.3 Å². The van der Waals surface area contributed by atoms with Crippen LogP contribution in [0.2, 0.25) is 0 Å². The summed E-state index contributed by atoms with van der Waals surface area (Å²) in [4.78, 5) is 4.40. The van der Waals surface area contributed by atoms with E-state index in [9.17, 15) is 0 Å². The summed E-state index contributed by atoms with van der Waals surface area (Å²) >= 11 is 1.68. The monoisotopic (exact) mass is 262 g/mol. The molecule has 1 heterocycles. The van der Waals surface area contributed by atoms with Crippen molar-refractivity contribution in [3.8, 4) is 0 Å². The molecule has 0 radical (unpaired) electrons. The molecule has 0 amide bonds. The minimum atomic E-state index is 0.187. The van der Waals surface area contributed by atoms with Gasteiger partial charge in [-0.25, -0.2) is 4.98 Å². The predicted molar refractivity (Wildman–Crippen MR) is 74.8 cm³/mol. The molecule has 0 fully saturated rings. The van der Waals surface area contributed by atoms with Crippen LogP contribution in [0.15, 0.2) is 35.8 Å². The molecule has 1 aromatic carbocycles. The number of aromatic nitrogens is 1. The molecule has 0 aliphatic rings. The Bertz CT molecular complexity index is 453. The molecule has 1 atom stereocenters. The van der Waals surface area contributed by atoms with Crippen LogP contribution in [-0.4, -0.2) is 18.6 Å². The van der Waals surface area contributed by atoms with Crippen LogP contribution >= 0.6 is 11.3 Å². The van der Waals surface area contributed by atoms with Crippen molar-refractivity contribution in [3.63, 3.8) is 0 Å². The van der Waals surface area contributed by atoms with Crippen molar-refractivity contribution in [2.45, 2.75) is 19.6 Å². The van der Waals surface area contributed by atoms with E-state index in [2.05, 4.69) is 41.5 Å². The van der Waals surface area contributed by atoms with Gasteiger partial charge in [0.2, 0.25) is 0 Å². The summed E-state index contributed by atoms with van der Waals surface area (Å²) in [5.41, 5.74) is 2.43. The van der Waals surface area contributed by atoms with Gasteiger partial charge in [-0.15, -0.1) is 11.3 Å². The zero-order chi connectivity index (χ0) is 12.8. The van der Waals surface area contributed by atoms with Crippen LogP contribution in [0.1, 0.15) is 29.1 Å². The Morgan fingerprint density at radius 1 is 1.33 bits per heavy atom. The topological polar surface area (TPSA) is 34.1 Å². The Morgan fingerprint density at radius 2 is 2.11 bits per heavy atom. The molecule has 0 spiro atoms. The van der Waals surface area contributed by atoms with Gasteiger partial charge in [0.25, 0.3) is 0 Å². The first-order valence-electron chi connectivity index (χ1n) is 6.05. The molecule has 0 saturated heterocycles. The Kier molecular flexibility index (Phi) is 4.87. The lowest BCUT2D eigenvalue weighted by Crippen LogP contribution is -2.21. The number of hydrogen-bond acceptors (Lipinski definition) is 4. The van der Waals surface area contributed by atoms with Crippen molar-refractivity contribution < 1.29 is 4.74 Å². The Balaban J connectivity index is 2.20.